The highest BCUT2D eigenvalue weighted by Gasteiger charge is 2.51. The van der Waals surface area contributed by atoms with E-state index in [0.717, 1.165) is 56.8 Å². The van der Waals surface area contributed by atoms with Crippen LogP contribution >= 0.6 is 0 Å². The number of aliphatic carboxylic acids is 1. The third-order valence-electron chi connectivity index (χ3n) is 6.96. The Kier molecular flexibility index (Phi) is 10.1. The number of morpholine rings is 1. The van der Waals surface area contributed by atoms with Crippen LogP contribution in [0.15, 0.2) is 53.4 Å². The van der Waals surface area contributed by atoms with E-state index in [2.05, 4.69) is 35.7 Å². The normalized spacial score (nSPS) is 17.1. The zero-order valence-corrected chi connectivity index (χ0v) is 24.1. The molecule has 0 atom stereocenters. The van der Waals surface area contributed by atoms with Crippen LogP contribution in [0.4, 0.5) is 18.9 Å². The molecule has 0 aromatic heterocycles. The summed E-state index contributed by atoms with van der Waals surface area (Å²) < 4.78 is 65.4. The zero-order valence-electron chi connectivity index (χ0n) is 23.3. The van der Waals surface area contributed by atoms with E-state index >= 15 is 0 Å². The zero-order chi connectivity index (χ0) is 30.5. The van der Waals surface area contributed by atoms with Crippen LogP contribution in [0.3, 0.4) is 0 Å². The third kappa shape index (κ3) is 8.91. The maximum Gasteiger partial charge on any atom is 0.490 e. The van der Waals surface area contributed by atoms with Crippen molar-refractivity contribution in [1.82, 2.24) is 10.2 Å². The van der Waals surface area contributed by atoms with Gasteiger partial charge in [0, 0.05) is 31.9 Å². The highest BCUT2D eigenvalue weighted by atomic mass is 32.2. The van der Waals surface area contributed by atoms with Gasteiger partial charge in [-0.15, -0.1) is 0 Å². The van der Waals surface area contributed by atoms with E-state index in [-0.39, 0.29) is 16.2 Å². The number of ether oxygens (including phenoxy) is 1. The van der Waals surface area contributed by atoms with Crippen LogP contribution in [0.2, 0.25) is 0 Å². The molecule has 13 heteroatoms. The van der Waals surface area contributed by atoms with Crippen molar-refractivity contribution in [3.63, 3.8) is 0 Å². The summed E-state index contributed by atoms with van der Waals surface area (Å²) in [5.41, 5.74) is 1.94. The number of halogens is 3. The van der Waals surface area contributed by atoms with Crippen molar-refractivity contribution >= 4 is 27.6 Å². The molecule has 1 aliphatic carbocycles. The van der Waals surface area contributed by atoms with Gasteiger partial charge in [-0.25, -0.2) is 13.2 Å². The Labute approximate surface area is 238 Å². The summed E-state index contributed by atoms with van der Waals surface area (Å²) in [6.07, 6.45) is -3.47. The monoisotopic (exact) mass is 599 g/mol. The van der Waals surface area contributed by atoms with E-state index in [0.29, 0.717) is 12.2 Å². The molecule has 1 saturated heterocycles. The molecule has 3 N–H and O–H groups in total. The second-order valence-electron chi connectivity index (χ2n) is 11.1. The van der Waals surface area contributed by atoms with E-state index in [4.69, 9.17) is 14.6 Å². The molecule has 41 heavy (non-hydrogen) atoms. The van der Waals surface area contributed by atoms with Crippen molar-refractivity contribution in [1.29, 1.82) is 0 Å². The number of hydrogen-bond acceptors (Lipinski definition) is 6. The summed E-state index contributed by atoms with van der Waals surface area (Å²) in [7, 11) is -3.69. The summed E-state index contributed by atoms with van der Waals surface area (Å²) in [5, 5.41) is 10.2. The van der Waals surface area contributed by atoms with Crippen LogP contribution in [0.5, 0.6) is 0 Å². The van der Waals surface area contributed by atoms with Crippen LogP contribution in [0, 0.1) is 0 Å². The average molecular weight is 600 g/mol. The minimum atomic E-state index is -5.08. The van der Waals surface area contributed by atoms with Gasteiger partial charge < -0.3 is 15.2 Å². The molecule has 0 unspecified atom stereocenters. The van der Waals surface area contributed by atoms with Crippen molar-refractivity contribution in [3.05, 3.63) is 59.7 Å². The Balaban J connectivity index is 0.000000587. The van der Waals surface area contributed by atoms with E-state index < -0.39 is 27.6 Å². The summed E-state index contributed by atoms with van der Waals surface area (Å²) >= 11 is 0. The molecule has 9 nitrogen and oxygen atoms in total. The van der Waals surface area contributed by atoms with Gasteiger partial charge in [0.2, 0.25) is 5.91 Å². The summed E-state index contributed by atoms with van der Waals surface area (Å²) in [6.45, 7) is 11.0. The molecule has 1 amide bonds. The van der Waals surface area contributed by atoms with Gasteiger partial charge in [-0.2, -0.15) is 13.2 Å². The molecular weight excluding hydrogens is 563 g/mol. The predicted octanol–water partition coefficient (Wildman–Crippen LogP) is 3.90. The van der Waals surface area contributed by atoms with Crippen molar-refractivity contribution < 1.29 is 41.0 Å². The molecule has 1 heterocycles. The standard InChI is InChI=1S/C26H35N3O4S.C2HF3O2/c1-25(2,3)20-6-10-23(11-7-20)34(31,32)28-22-8-4-21(5-9-22)26(12-13-26)24(30)27-14-15-29-16-18-33-19-17-29;3-2(4,5)1(6)7/h4-11,28H,12-19H2,1-3H3,(H,27,30);(H,6,7). The number of amides is 1. The van der Waals surface area contributed by atoms with E-state index in [1.807, 2.05) is 24.3 Å². The van der Waals surface area contributed by atoms with Crippen molar-refractivity contribution in [2.24, 2.45) is 0 Å². The SMILES string of the molecule is CC(C)(C)c1ccc(S(=O)(=O)Nc2ccc(C3(C(=O)NCCN4CCOCC4)CC3)cc2)cc1.O=C(O)C(F)(F)F. The fraction of sp³-hybridized carbons (Fsp3) is 0.500. The predicted molar refractivity (Wildman–Crippen MR) is 147 cm³/mol. The lowest BCUT2D eigenvalue weighted by Gasteiger charge is -2.27. The number of carbonyl (C=O) groups excluding carboxylic acids is 1. The van der Waals surface area contributed by atoms with Gasteiger partial charge in [-0.05, 0) is 53.6 Å². The average Bonchev–Trinajstić information content (AvgIpc) is 3.71. The molecular formula is C28H36F3N3O6S. The van der Waals surface area contributed by atoms with Gasteiger partial charge in [0.25, 0.3) is 10.0 Å². The Hall–Kier alpha value is -3.16. The first kappa shape index (κ1) is 32.4. The van der Waals surface area contributed by atoms with Gasteiger partial charge in [-0.1, -0.05) is 45.0 Å². The minimum Gasteiger partial charge on any atom is -0.475 e. The Morgan fingerprint density at radius 1 is 0.976 bits per heavy atom. The first-order chi connectivity index (χ1) is 19.0. The number of carboxylic acids is 1. The van der Waals surface area contributed by atoms with E-state index in [1.165, 1.54) is 0 Å². The topological polar surface area (TPSA) is 125 Å². The molecule has 226 valence electrons. The number of carboxylic acid groups (broad SMARTS) is 1. The van der Waals surface area contributed by atoms with Crippen LogP contribution in [0.25, 0.3) is 0 Å². The summed E-state index contributed by atoms with van der Waals surface area (Å²) in [5.74, 6) is -2.71. The number of anilines is 1. The lowest BCUT2D eigenvalue weighted by atomic mass is 9.87. The smallest absolute Gasteiger partial charge is 0.475 e. The highest BCUT2D eigenvalue weighted by molar-refractivity contribution is 7.92. The minimum absolute atomic E-state index is 0.0425. The first-order valence-corrected chi connectivity index (χ1v) is 14.7. The van der Waals surface area contributed by atoms with Crippen LogP contribution in [-0.2, 0) is 35.2 Å². The van der Waals surface area contributed by atoms with E-state index in [9.17, 15) is 26.4 Å². The van der Waals surface area contributed by atoms with Crippen molar-refractivity contribution in [2.45, 2.75) is 55.5 Å². The molecule has 0 bridgehead atoms. The fourth-order valence-electron chi connectivity index (χ4n) is 4.30. The Morgan fingerprint density at radius 3 is 1.98 bits per heavy atom. The van der Waals surface area contributed by atoms with Crippen molar-refractivity contribution in [2.75, 3.05) is 44.1 Å². The van der Waals surface area contributed by atoms with E-state index in [1.54, 1.807) is 24.3 Å². The largest absolute Gasteiger partial charge is 0.490 e. The lowest BCUT2D eigenvalue weighted by Crippen LogP contribution is -2.43. The molecule has 2 aliphatic rings. The number of sulfonamides is 1. The summed E-state index contributed by atoms with van der Waals surface area (Å²) in [4.78, 5) is 24.3. The van der Waals surface area contributed by atoms with Crippen LogP contribution in [0.1, 0.15) is 44.7 Å². The summed E-state index contributed by atoms with van der Waals surface area (Å²) in [6, 6.07) is 14.2. The molecule has 2 fully saturated rings. The van der Waals surface area contributed by atoms with Crippen molar-refractivity contribution in [3.8, 4) is 0 Å². The maximum absolute atomic E-state index is 12.9. The number of benzene rings is 2. The molecule has 2 aromatic rings. The second-order valence-corrected chi connectivity index (χ2v) is 12.7. The fourth-order valence-corrected chi connectivity index (χ4v) is 5.36. The van der Waals surface area contributed by atoms with Gasteiger partial charge in [-0.3, -0.25) is 14.4 Å². The Bertz CT molecular complexity index is 1300. The highest BCUT2D eigenvalue weighted by Crippen LogP contribution is 2.48. The van der Waals surface area contributed by atoms with Crippen LogP contribution in [-0.4, -0.2) is 75.9 Å². The third-order valence-corrected chi connectivity index (χ3v) is 8.36. The van der Waals surface area contributed by atoms with Gasteiger partial charge >= 0.3 is 12.1 Å². The number of nitrogens with zero attached hydrogens (tertiary/aromatic N) is 1. The van der Waals surface area contributed by atoms with Gasteiger partial charge in [0.15, 0.2) is 0 Å². The maximum atomic E-state index is 12.9. The molecule has 4 rings (SSSR count). The van der Waals surface area contributed by atoms with Gasteiger partial charge in [0.1, 0.15) is 0 Å². The molecule has 0 spiro atoms. The number of hydrogen-bond donors (Lipinski definition) is 3. The number of alkyl halides is 3. The quantitative estimate of drug-likeness (QED) is 0.421. The number of rotatable bonds is 8. The van der Waals surface area contributed by atoms with Gasteiger partial charge in [0.05, 0.1) is 23.5 Å². The number of carbonyl (C=O) groups is 2. The molecule has 1 aliphatic heterocycles. The lowest BCUT2D eigenvalue weighted by molar-refractivity contribution is -0.192. The molecule has 1 saturated carbocycles. The number of nitrogens with one attached hydrogen (secondary N) is 2. The Morgan fingerprint density at radius 2 is 1.51 bits per heavy atom. The second kappa shape index (κ2) is 12.8. The first-order valence-electron chi connectivity index (χ1n) is 13.2. The van der Waals surface area contributed by atoms with Crippen LogP contribution < -0.4 is 10.0 Å². The molecule has 0 radical (unpaired) electrons. The molecule has 2 aromatic carbocycles.